The van der Waals surface area contributed by atoms with Gasteiger partial charge in [-0.3, -0.25) is 16.3 Å². The number of nitrogens with two attached hydrogens (primary N) is 1. The molecule has 0 fully saturated rings. The average Bonchev–Trinajstić information content (AvgIpc) is 2.45. The van der Waals surface area contributed by atoms with Crippen LogP contribution in [-0.2, 0) is 12.6 Å². The molecule has 0 amide bonds. The summed E-state index contributed by atoms with van der Waals surface area (Å²) < 4.78 is 38.0. The second-order valence-corrected chi connectivity index (χ2v) is 4.38. The van der Waals surface area contributed by atoms with E-state index in [2.05, 4.69) is 10.4 Å². The molecular weight excluding hydrogens is 267 g/mol. The van der Waals surface area contributed by atoms with Crippen LogP contribution < -0.4 is 11.3 Å². The Kier molecular flexibility index (Phi) is 4.36. The van der Waals surface area contributed by atoms with Crippen LogP contribution in [0.1, 0.15) is 22.9 Å². The molecule has 20 heavy (non-hydrogen) atoms. The zero-order valence-corrected chi connectivity index (χ0v) is 10.6. The van der Waals surface area contributed by atoms with Gasteiger partial charge in [-0.15, -0.1) is 0 Å². The molecule has 0 saturated carbocycles. The minimum Gasteiger partial charge on any atom is -0.271 e. The second kappa shape index (κ2) is 6.02. The summed E-state index contributed by atoms with van der Waals surface area (Å²) in [4.78, 5) is 4.15. The summed E-state index contributed by atoms with van der Waals surface area (Å²) >= 11 is 0. The highest BCUT2D eigenvalue weighted by molar-refractivity contribution is 5.27. The van der Waals surface area contributed by atoms with Crippen molar-refractivity contribution in [2.24, 2.45) is 5.84 Å². The van der Waals surface area contributed by atoms with Crippen LogP contribution in [0.15, 0.2) is 48.7 Å². The van der Waals surface area contributed by atoms with Crippen molar-refractivity contribution < 1.29 is 13.2 Å². The van der Waals surface area contributed by atoms with Crippen LogP contribution in [0.2, 0.25) is 0 Å². The van der Waals surface area contributed by atoms with E-state index < -0.39 is 11.7 Å². The topological polar surface area (TPSA) is 50.9 Å². The summed E-state index contributed by atoms with van der Waals surface area (Å²) in [7, 11) is 0. The van der Waals surface area contributed by atoms with Crippen molar-refractivity contribution in [2.45, 2.75) is 18.6 Å². The monoisotopic (exact) mass is 281 g/mol. The number of pyridine rings is 1. The van der Waals surface area contributed by atoms with E-state index in [-0.39, 0.29) is 6.04 Å². The SMILES string of the molecule is NNC(Cc1cccc(C(F)(F)F)c1)c1ccccn1. The fourth-order valence-electron chi connectivity index (χ4n) is 1.94. The van der Waals surface area contributed by atoms with Crippen molar-refractivity contribution in [3.05, 3.63) is 65.5 Å². The third kappa shape index (κ3) is 3.55. The van der Waals surface area contributed by atoms with Gasteiger partial charge in [-0.25, -0.2) is 0 Å². The number of nitrogens with zero attached hydrogens (tertiary/aromatic N) is 1. The molecule has 1 unspecified atom stereocenters. The van der Waals surface area contributed by atoms with E-state index >= 15 is 0 Å². The minimum absolute atomic E-state index is 0.331. The van der Waals surface area contributed by atoms with Crippen molar-refractivity contribution in [3.63, 3.8) is 0 Å². The van der Waals surface area contributed by atoms with Crippen molar-refractivity contribution >= 4 is 0 Å². The van der Waals surface area contributed by atoms with E-state index in [0.29, 0.717) is 17.7 Å². The lowest BCUT2D eigenvalue weighted by Gasteiger charge is -2.16. The van der Waals surface area contributed by atoms with Crippen LogP contribution in [0.25, 0.3) is 0 Å². The molecule has 0 aliphatic carbocycles. The number of hydrazine groups is 1. The summed E-state index contributed by atoms with van der Waals surface area (Å²) in [6.07, 6.45) is -2.39. The van der Waals surface area contributed by atoms with E-state index in [9.17, 15) is 13.2 Å². The maximum absolute atomic E-state index is 12.7. The van der Waals surface area contributed by atoms with Gasteiger partial charge in [0.1, 0.15) is 0 Å². The lowest BCUT2D eigenvalue weighted by molar-refractivity contribution is -0.137. The molecule has 3 nitrogen and oxygen atoms in total. The third-order valence-electron chi connectivity index (χ3n) is 2.94. The Balaban J connectivity index is 2.20. The van der Waals surface area contributed by atoms with Gasteiger partial charge in [-0.2, -0.15) is 13.2 Å². The zero-order valence-electron chi connectivity index (χ0n) is 10.6. The molecule has 3 N–H and O–H groups in total. The van der Waals surface area contributed by atoms with Gasteiger partial charge in [0.05, 0.1) is 17.3 Å². The molecule has 1 aromatic heterocycles. The van der Waals surface area contributed by atoms with Gasteiger partial charge in [-0.1, -0.05) is 24.3 Å². The van der Waals surface area contributed by atoms with Crippen LogP contribution in [0, 0.1) is 0 Å². The van der Waals surface area contributed by atoms with E-state index in [1.807, 2.05) is 0 Å². The van der Waals surface area contributed by atoms with Gasteiger partial charge in [0.25, 0.3) is 0 Å². The first-order chi connectivity index (χ1) is 9.50. The number of aromatic nitrogens is 1. The highest BCUT2D eigenvalue weighted by Crippen LogP contribution is 2.30. The van der Waals surface area contributed by atoms with Crippen LogP contribution in [0.4, 0.5) is 13.2 Å². The van der Waals surface area contributed by atoms with Crippen LogP contribution >= 0.6 is 0 Å². The Morgan fingerprint density at radius 3 is 2.55 bits per heavy atom. The minimum atomic E-state index is -4.34. The first-order valence-electron chi connectivity index (χ1n) is 6.04. The van der Waals surface area contributed by atoms with Gasteiger partial charge in [0.15, 0.2) is 0 Å². The lowest BCUT2D eigenvalue weighted by atomic mass is 10.0. The number of halogens is 3. The van der Waals surface area contributed by atoms with Crippen LogP contribution in [0.5, 0.6) is 0 Å². The Hall–Kier alpha value is -1.92. The van der Waals surface area contributed by atoms with E-state index in [1.54, 1.807) is 30.5 Å². The maximum Gasteiger partial charge on any atom is 0.416 e. The standard InChI is InChI=1S/C14H14F3N3/c15-14(16,17)11-5-3-4-10(8-11)9-13(20-18)12-6-1-2-7-19-12/h1-8,13,20H,9,18H2. The summed E-state index contributed by atoms with van der Waals surface area (Å²) in [5, 5.41) is 0. The second-order valence-electron chi connectivity index (χ2n) is 4.38. The van der Waals surface area contributed by atoms with Crippen molar-refractivity contribution in [3.8, 4) is 0 Å². The number of benzene rings is 1. The first-order valence-corrected chi connectivity index (χ1v) is 6.04. The Labute approximate surface area is 114 Å². The van der Waals surface area contributed by atoms with E-state index in [1.165, 1.54) is 6.07 Å². The molecule has 0 radical (unpaired) electrons. The Bertz CT molecular complexity index is 555. The molecule has 6 heteroatoms. The number of hydrogen-bond donors (Lipinski definition) is 2. The lowest BCUT2D eigenvalue weighted by Crippen LogP contribution is -2.30. The van der Waals surface area contributed by atoms with Crippen LogP contribution in [-0.4, -0.2) is 4.98 Å². The Morgan fingerprint density at radius 2 is 1.95 bits per heavy atom. The molecule has 0 aliphatic heterocycles. The molecule has 1 atom stereocenters. The number of hydrogen-bond acceptors (Lipinski definition) is 3. The predicted octanol–water partition coefficient (Wildman–Crippen LogP) is 2.85. The third-order valence-corrected chi connectivity index (χ3v) is 2.94. The van der Waals surface area contributed by atoms with Crippen molar-refractivity contribution in [1.29, 1.82) is 0 Å². The zero-order chi connectivity index (χ0) is 14.6. The number of rotatable bonds is 4. The normalized spacial score (nSPS) is 13.2. The Morgan fingerprint density at radius 1 is 1.15 bits per heavy atom. The summed E-state index contributed by atoms with van der Waals surface area (Å²) in [6, 6.07) is 10.2. The number of nitrogens with one attached hydrogen (secondary N) is 1. The van der Waals surface area contributed by atoms with E-state index in [4.69, 9.17) is 5.84 Å². The average molecular weight is 281 g/mol. The molecule has 1 heterocycles. The molecular formula is C14H14F3N3. The maximum atomic E-state index is 12.7. The molecule has 2 rings (SSSR count). The molecule has 1 aromatic carbocycles. The summed E-state index contributed by atoms with van der Waals surface area (Å²) in [6.45, 7) is 0. The van der Waals surface area contributed by atoms with Gasteiger partial charge < -0.3 is 0 Å². The molecule has 2 aromatic rings. The smallest absolute Gasteiger partial charge is 0.271 e. The molecule has 0 bridgehead atoms. The van der Waals surface area contributed by atoms with E-state index in [0.717, 1.165) is 12.1 Å². The predicted molar refractivity (Wildman–Crippen MR) is 69.4 cm³/mol. The van der Waals surface area contributed by atoms with Gasteiger partial charge in [0, 0.05) is 6.20 Å². The number of alkyl halides is 3. The fourth-order valence-corrected chi connectivity index (χ4v) is 1.94. The summed E-state index contributed by atoms with van der Waals surface area (Å²) in [5.74, 6) is 5.46. The molecule has 0 spiro atoms. The van der Waals surface area contributed by atoms with Crippen LogP contribution in [0.3, 0.4) is 0 Å². The van der Waals surface area contributed by atoms with Gasteiger partial charge in [-0.05, 0) is 30.2 Å². The fraction of sp³-hybridized carbons (Fsp3) is 0.214. The molecule has 106 valence electrons. The molecule has 0 saturated heterocycles. The molecule has 0 aliphatic rings. The summed E-state index contributed by atoms with van der Waals surface area (Å²) in [5.41, 5.74) is 3.16. The van der Waals surface area contributed by atoms with Gasteiger partial charge in [0.2, 0.25) is 0 Å². The highest BCUT2D eigenvalue weighted by atomic mass is 19.4. The van der Waals surface area contributed by atoms with Gasteiger partial charge >= 0.3 is 6.18 Å². The first kappa shape index (κ1) is 14.5. The largest absolute Gasteiger partial charge is 0.416 e. The van der Waals surface area contributed by atoms with Crippen molar-refractivity contribution in [2.75, 3.05) is 0 Å². The van der Waals surface area contributed by atoms with Crippen molar-refractivity contribution in [1.82, 2.24) is 10.4 Å². The quantitative estimate of drug-likeness (QED) is 0.669. The highest BCUT2D eigenvalue weighted by Gasteiger charge is 2.30.